The second-order valence-corrected chi connectivity index (χ2v) is 6.53. The predicted octanol–water partition coefficient (Wildman–Crippen LogP) is 3.09. The van der Waals surface area contributed by atoms with Gasteiger partial charge in [-0.05, 0) is 38.5 Å². The van der Waals surface area contributed by atoms with Crippen molar-refractivity contribution in [2.24, 2.45) is 0 Å². The number of likely N-dealkylation sites (tertiary alicyclic amines) is 1. The van der Waals surface area contributed by atoms with Crippen molar-refractivity contribution in [1.82, 2.24) is 15.4 Å². The van der Waals surface area contributed by atoms with Crippen LogP contribution in [0.1, 0.15) is 33.8 Å². The van der Waals surface area contributed by atoms with E-state index < -0.39 is 5.82 Å². The number of hydrogen-bond donors (Lipinski definition) is 1. The SMILES string of the molecule is Cc1noc(C)c1CN1CCC(NC(=O)c2ccc(F)cc2Cl)C1. The van der Waals surface area contributed by atoms with Crippen molar-refractivity contribution in [1.29, 1.82) is 0 Å². The van der Waals surface area contributed by atoms with E-state index in [-0.39, 0.29) is 17.0 Å². The zero-order chi connectivity index (χ0) is 17.3. The lowest BCUT2D eigenvalue weighted by Gasteiger charge is -2.17. The van der Waals surface area contributed by atoms with Crippen molar-refractivity contribution in [2.45, 2.75) is 32.9 Å². The molecule has 0 bridgehead atoms. The third-order valence-electron chi connectivity index (χ3n) is 4.35. The number of halogens is 2. The standard InChI is InChI=1S/C17H19ClFN3O2/c1-10-15(11(2)24-21-10)9-22-6-5-13(8-22)20-17(23)14-4-3-12(19)7-16(14)18/h3-4,7,13H,5-6,8-9H2,1-2H3,(H,20,23). The molecule has 1 aliphatic heterocycles. The average Bonchev–Trinajstić information content (AvgIpc) is 3.09. The van der Waals surface area contributed by atoms with Gasteiger partial charge in [0.2, 0.25) is 0 Å². The van der Waals surface area contributed by atoms with Crippen LogP contribution in [0, 0.1) is 19.7 Å². The van der Waals surface area contributed by atoms with E-state index >= 15 is 0 Å². The highest BCUT2D eigenvalue weighted by Crippen LogP contribution is 2.20. The highest BCUT2D eigenvalue weighted by atomic mass is 35.5. The van der Waals surface area contributed by atoms with Gasteiger partial charge in [0.05, 0.1) is 16.3 Å². The second kappa shape index (κ2) is 6.91. The van der Waals surface area contributed by atoms with Gasteiger partial charge in [-0.15, -0.1) is 0 Å². The Morgan fingerprint density at radius 2 is 2.29 bits per heavy atom. The maximum absolute atomic E-state index is 13.1. The lowest BCUT2D eigenvalue weighted by Crippen LogP contribution is -2.37. The topological polar surface area (TPSA) is 58.4 Å². The summed E-state index contributed by atoms with van der Waals surface area (Å²) in [6.45, 7) is 6.21. The maximum atomic E-state index is 13.1. The van der Waals surface area contributed by atoms with Gasteiger partial charge in [0.15, 0.2) is 0 Å². The van der Waals surface area contributed by atoms with Crippen LogP contribution in [0.15, 0.2) is 22.7 Å². The van der Waals surface area contributed by atoms with Crippen molar-refractivity contribution in [2.75, 3.05) is 13.1 Å². The Balaban J connectivity index is 1.59. The van der Waals surface area contributed by atoms with E-state index in [9.17, 15) is 9.18 Å². The summed E-state index contributed by atoms with van der Waals surface area (Å²) in [5, 5.41) is 7.06. The molecular formula is C17H19ClFN3O2. The molecule has 24 heavy (non-hydrogen) atoms. The minimum atomic E-state index is -0.456. The molecule has 1 atom stereocenters. The summed E-state index contributed by atoms with van der Waals surface area (Å²) in [4.78, 5) is 14.6. The molecule has 0 radical (unpaired) electrons. The fourth-order valence-corrected chi connectivity index (χ4v) is 3.24. The predicted molar refractivity (Wildman–Crippen MR) is 88.5 cm³/mol. The van der Waals surface area contributed by atoms with Gasteiger partial charge in [-0.2, -0.15) is 0 Å². The lowest BCUT2D eigenvalue weighted by atomic mass is 10.2. The molecule has 1 aromatic carbocycles. The van der Waals surface area contributed by atoms with Gasteiger partial charge in [-0.1, -0.05) is 16.8 Å². The van der Waals surface area contributed by atoms with Crippen molar-refractivity contribution in [3.8, 4) is 0 Å². The van der Waals surface area contributed by atoms with Crippen LogP contribution in [0.25, 0.3) is 0 Å². The molecule has 1 aromatic heterocycles. The van der Waals surface area contributed by atoms with Crippen LogP contribution in [0.4, 0.5) is 4.39 Å². The van der Waals surface area contributed by atoms with Gasteiger partial charge in [0.1, 0.15) is 11.6 Å². The van der Waals surface area contributed by atoms with E-state index in [2.05, 4.69) is 15.4 Å². The number of carbonyl (C=O) groups excluding carboxylic acids is 1. The number of nitrogens with one attached hydrogen (secondary N) is 1. The van der Waals surface area contributed by atoms with Crippen molar-refractivity contribution in [3.05, 3.63) is 51.6 Å². The number of nitrogens with zero attached hydrogens (tertiary/aromatic N) is 2. The van der Waals surface area contributed by atoms with Crippen molar-refractivity contribution < 1.29 is 13.7 Å². The first kappa shape index (κ1) is 16.9. The number of rotatable bonds is 4. The van der Waals surface area contributed by atoms with Crippen molar-refractivity contribution in [3.63, 3.8) is 0 Å². The third kappa shape index (κ3) is 3.60. The van der Waals surface area contributed by atoms with Gasteiger partial charge >= 0.3 is 0 Å². The van der Waals surface area contributed by atoms with Gasteiger partial charge in [-0.25, -0.2) is 4.39 Å². The molecule has 1 N–H and O–H groups in total. The molecule has 5 nitrogen and oxygen atoms in total. The van der Waals surface area contributed by atoms with Crippen LogP contribution in [-0.2, 0) is 6.54 Å². The molecule has 1 aliphatic rings. The molecule has 7 heteroatoms. The van der Waals surface area contributed by atoms with Gasteiger partial charge in [0, 0.05) is 31.2 Å². The van der Waals surface area contributed by atoms with Crippen LogP contribution >= 0.6 is 11.6 Å². The molecule has 2 aromatic rings. The fraction of sp³-hybridized carbons (Fsp3) is 0.412. The summed E-state index contributed by atoms with van der Waals surface area (Å²) in [5.41, 5.74) is 2.30. The van der Waals surface area contributed by atoms with Crippen LogP contribution in [-0.4, -0.2) is 35.1 Å². The Morgan fingerprint density at radius 3 is 2.96 bits per heavy atom. The van der Waals surface area contributed by atoms with Crippen molar-refractivity contribution >= 4 is 17.5 Å². The Labute approximate surface area is 144 Å². The van der Waals surface area contributed by atoms with Crippen LogP contribution < -0.4 is 5.32 Å². The number of carbonyl (C=O) groups is 1. The zero-order valence-corrected chi connectivity index (χ0v) is 14.4. The molecule has 1 unspecified atom stereocenters. The number of aromatic nitrogens is 1. The first-order valence-corrected chi connectivity index (χ1v) is 8.22. The molecule has 128 valence electrons. The number of hydrogen-bond acceptors (Lipinski definition) is 4. The fourth-order valence-electron chi connectivity index (χ4n) is 2.98. The van der Waals surface area contributed by atoms with Gasteiger partial charge < -0.3 is 9.84 Å². The lowest BCUT2D eigenvalue weighted by molar-refractivity contribution is 0.0937. The maximum Gasteiger partial charge on any atom is 0.253 e. The number of amides is 1. The first-order chi connectivity index (χ1) is 11.4. The minimum Gasteiger partial charge on any atom is -0.361 e. The minimum absolute atomic E-state index is 0.0408. The number of benzene rings is 1. The molecule has 1 saturated heterocycles. The van der Waals surface area contributed by atoms with E-state index in [4.69, 9.17) is 16.1 Å². The third-order valence-corrected chi connectivity index (χ3v) is 4.66. The normalized spacial score (nSPS) is 18.1. The van der Waals surface area contributed by atoms with Crippen LogP contribution in [0.2, 0.25) is 5.02 Å². The van der Waals surface area contributed by atoms with Crippen LogP contribution in [0.5, 0.6) is 0 Å². The molecule has 2 heterocycles. The summed E-state index contributed by atoms with van der Waals surface area (Å²) in [6, 6.07) is 3.83. The van der Waals surface area contributed by atoms with Gasteiger partial charge in [-0.3, -0.25) is 9.69 Å². The molecule has 1 fully saturated rings. The first-order valence-electron chi connectivity index (χ1n) is 7.84. The number of aryl methyl sites for hydroxylation is 2. The van der Waals surface area contributed by atoms with E-state index in [1.165, 1.54) is 12.1 Å². The van der Waals surface area contributed by atoms with Gasteiger partial charge in [0.25, 0.3) is 5.91 Å². The Bertz CT molecular complexity index is 743. The Kier molecular flexibility index (Phi) is 4.87. The summed E-state index contributed by atoms with van der Waals surface area (Å²) in [5.74, 6) is 0.102. The van der Waals surface area contributed by atoms with E-state index in [1.54, 1.807) is 0 Å². The largest absolute Gasteiger partial charge is 0.361 e. The zero-order valence-electron chi connectivity index (χ0n) is 13.6. The molecule has 3 rings (SSSR count). The summed E-state index contributed by atoms with van der Waals surface area (Å²) in [7, 11) is 0. The van der Waals surface area contributed by atoms with Crippen LogP contribution in [0.3, 0.4) is 0 Å². The summed E-state index contributed by atoms with van der Waals surface area (Å²) < 4.78 is 18.3. The molecule has 0 aliphatic carbocycles. The van der Waals surface area contributed by atoms with E-state index in [1.807, 2.05) is 13.8 Å². The summed E-state index contributed by atoms with van der Waals surface area (Å²) >= 11 is 5.94. The summed E-state index contributed by atoms with van der Waals surface area (Å²) in [6.07, 6.45) is 0.855. The second-order valence-electron chi connectivity index (χ2n) is 6.12. The molecule has 0 saturated carbocycles. The van der Waals surface area contributed by atoms with E-state index in [0.29, 0.717) is 5.56 Å². The molecule has 1 amide bonds. The highest BCUT2D eigenvalue weighted by Gasteiger charge is 2.26. The average molecular weight is 352 g/mol. The Morgan fingerprint density at radius 1 is 1.50 bits per heavy atom. The Hall–Kier alpha value is -1.92. The molecular weight excluding hydrogens is 333 g/mol. The smallest absolute Gasteiger partial charge is 0.253 e. The van der Waals surface area contributed by atoms with E-state index in [0.717, 1.165) is 49.1 Å². The monoisotopic (exact) mass is 351 g/mol. The highest BCUT2D eigenvalue weighted by molar-refractivity contribution is 6.33. The molecule has 0 spiro atoms. The quantitative estimate of drug-likeness (QED) is 0.919.